The summed E-state index contributed by atoms with van der Waals surface area (Å²) < 4.78 is 8.89. The van der Waals surface area contributed by atoms with Crippen molar-refractivity contribution in [1.29, 1.82) is 0 Å². The van der Waals surface area contributed by atoms with Crippen LogP contribution in [0.4, 0.5) is 10.6 Å². The Labute approximate surface area is 212 Å². The second-order valence-electron chi connectivity index (χ2n) is 11.0. The van der Waals surface area contributed by atoms with Crippen LogP contribution in [0, 0.1) is 10.5 Å². The predicted octanol–water partition coefficient (Wildman–Crippen LogP) is 4.60. The molecule has 0 unspecified atom stereocenters. The molecule has 33 heavy (non-hydrogen) atoms. The molecule has 0 spiro atoms. The van der Waals surface area contributed by atoms with Crippen molar-refractivity contribution in [3.05, 3.63) is 9.26 Å². The van der Waals surface area contributed by atoms with Crippen molar-refractivity contribution in [2.24, 2.45) is 0 Å². The fourth-order valence-electron chi connectivity index (χ4n) is 4.61. The summed E-state index contributed by atoms with van der Waals surface area (Å²) in [6.45, 7) is 15.3. The van der Waals surface area contributed by atoms with Crippen molar-refractivity contribution >= 4 is 40.4 Å². The third-order valence-corrected chi connectivity index (χ3v) is 8.03. The summed E-state index contributed by atoms with van der Waals surface area (Å²) in [5, 5.41) is 5.12. The van der Waals surface area contributed by atoms with Crippen LogP contribution in [0.15, 0.2) is 0 Å². The van der Waals surface area contributed by atoms with Gasteiger partial charge < -0.3 is 19.4 Å². The average molecular weight is 574 g/mol. The predicted molar refractivity (Wildman–Crippen MR) is 139 cm³/mol. The molecule has 2 saturated heterocycles. The number of nitrogens with zero attached hydrogens (tertiary/aromatic N) is 5. The summed E-state index contributed by atoms with van der Waals surface area (Å²) >= 11 is 2.42. The van der Waals surface area contributed by atoms with Gasteiger partial charge in [-0.05, 0) is 89.8 Å². The molecule has 0 atom stereocenters. The molecule has 8 nitrogen and oxygen atoms in total. The van der Waals surface area contributed by atoms with Crippen molar-refractivity contribution in [3.63, 3.8) is 0 Å². The highest BCUT2D eigenvalue weighted by Crippen LogP contribution is 2.35. The second kappa shape index (κ2) is 10.00. The van der Waals surface area contributed by atoms with Crippen LogP contribution in [0.3, 0.4) is 0 Å². The van der Waals surface area contributed by atoms with Crippen molar-refractivity contribution in [3.8, 4) is 0 Å². The number of rotatable bonds is 2. The third-order valence-electron chi connectivity index (χ3n) is 6.77. The molecule has 2 aliphatic heterocycles. The SMILES string of the molecule is Cc1c(I)c(N2CCCC(=O)N(C)CCC2(C)C)nn1C1CCN(C(=O)OC(C)(C)C)CC1. The summed E-state index contributed by atoms with van der Waals surface area (Å²) in [5.74, 6) is 1.24. The monoisotopic (exact) mass is 573 g/mol. The Morgan fingerprint density at radius 2 is 1.79 bits per heavy atom. The molecule has 0 saturated carbocycles. The quantitative estimate of drug-likeness (QED) is 0.484. The van der Waals surface area contributed by atoms with Gasteiger partial charge in [0.1, 0.15) is 5.60 Å². The second-order valence-corrected chi connectivity index (χ2v) is 12.1. The number of aromatic nitrogens is 2. The fraction of sp³-hybridized carbons (Fsp3) is 0.792. The Balaban J connectivity index is 1.76. The van der Waals surface area contributed by atoms with E-state index in [-0.39, 0.29) is 23.6 Å². The number of piperidine rings is 1. The van der Waals surface area contributed by atoms with Gasteiger partial charge in [0.2, 0.25) is 5.91 Å². The summed E-state index contributed by atoms with van der Waals surface area (Å²) in [6.07, 6.45) is 3.78. The van der Waals surface area contributed by atoms with Crippen LogP contribution >= 0.6 is 22.6 Å². The highest BCUT2D eigenvalue weighted by atomic mass is 127. The molecule has 2 fully saturated rings. The lowest BCUT2D eigenvalue weighted by atomic mass is 9.97. The van der Waals surface area contributed by atoms with Gasteiger partial charge in [-0.3, -0.25) is 9.48 Å². The van der Waals surface area contributed by atoms with Gasteiger partial charge in [-0.15, -0.1) is 0 Å². The molecule has 2 amide bonds. The van der Waals surface area contributed by atoms with Crippen LogP contribution in [0.1, 0.15) is 78.5 Å². The molecule has 0 radical (unpaired) electrons. The average Bonchev–Trinajstić information content (AvgIpc) is 3.03. The molecular formula is C24H40IN5O3. The lowest BCUT2D eigenvalue weighted by Crippen LogP contribution is -2.46. The molecule has 0 aromatic carbocycles. The lowest BCUT2D eigenvalue weighted by Gasteiger charge is -2.39. The van der Waals surface area contributed by atoms with Gasteiger partial charge in [0.15, 0.2) is 5.82 Å². The molecule has 0 aliphatic carbocycles. The van der Waals surface area contributed by atoms with E-state index in [4.69, 9.17) is 9.84 Å². The highest BCUT2D eigenvalue weighted by molar-refractivity contribution is 14.1. The van der Waals surface area contributed by atoms with Crippen molar-refractivity contribution in [2.75, 3.05) is 38.1 Å². The van der Waals surface area contributed by atoms with E-state index < -0.39 is 5.60 Å². The van der Waals surface area contributed by atoms with Crippen LogP contribution in [-0.2, 0) is 9.53 Å². The van der Waals surface area contributed by atoms with Gasteiger partial charge in [0.05, 0.1) is 15.3 Å². The van der Waals surface area contributed by atoms with Crippen LogP contribution in [-0.4, -0.2) is 75.9 Å². The number of carbonyl (C=O) groups excluding carboxylic acids is 2. The van der Waals surface area contributed by atoms with E-state index >= 15 is 0 Å². The van der Waals surface area contributed by atoms with Crippen molar-refractivity contribution < 1.29 is 14.3 Å². The van der Waals surface area contributed by atoms with Crippen molar-refractivity contribution in [2.45, 2.75) is 90.8 Å². The van der Waals surface area contributed by atoms with Gasteiger partial charge >= 0.3 is 6.09 Å². The van der Waals surface area contributed by atoms with Gasteiger partial charge in [0, 0.05) is 45.2 Å². The van der Waals surface area contributed by atoms with E-state index in [2.05, 4.69) is 52.9 Å². The normalized spacial score (nSPS) is 21.0. The van der Waals surface area contributed by atoms with Crippen LogP contribution in [0.5, 0.6) is 0 Å². The van der Waals surface area contributed by atoms with Gasteiger partial charge in [-0.25, -0.2) is 4.79 Å². The Bertz CT molecular complexity index is 868. The number of carbonyl (C=O) groups is 2. The molecule has 1 aromatic rings. The molecule has 2 aliphatic rings. The largest absolute Gasteiger partial charge is 0.444 e. The smallest absolute Gasteiger partial charge is 0.410 e. The summed E-state index contributed by atoms with van der Waals surface area (Å²) in [6, 6.07) is 0.263. The van der Waals surface area contributed by atoms with E-state index in [1.165, 1.54) is 9.26 Å². The summed E-state index contributed by atoms with van der Waals surface area (Å²) in [7, 11) is 1.90. The highest BCUT2D eigenvalue weighted by Gasteiger charge is 2.35. The maximum absolute atomic E-state index is 12.4. The molecule has 9 heteroatoms. The minimum atomic E-state index is -0.478. The third kappa shape index (κ3) is 6.14. The molecule has 3 heterocycles. The fourth-order valence-corrected chi connectivity index (χ4v) is 5.25. The summed E-state index contributed by atoms with van der Waals surface area (Å²) in [5.41, 5.74) is 0.587. The minimum absolute atomic E-state index is 0.107. The Morgan fingerprint density at radius 3 is 2.39 bits per heavy atom. The van der Waals surface area contributed by atoms with Crippen LogP contribution < -0.4 is 4.90 Å². The van der Waals surface area contributed by atoms with Gasteiger partial charge in [-0.1, -0.05) is 0 Å². The zero-order valence-electron chi connectivity index (χ0n) is 21.3. The van der Waals surface area contributed by atoms with E-state index in [1.807, 2.05) is 37.6 Å². The zero-order chi connectivity index (χ0) is 24.6. The standard InChI is InChI=1S/C24H40IN5O3/c1-17-20(25)21(29-13-8-9-19(31)27(7)16-12-24(29,5)6)26-30(17)18-10-14-28(15-11-18)22(32)33-23(2,3)4/h18H,8-16H2,1-7H3. The van der Waals surface area contributed by atoms with Crippen molar-refractivity contribution in [1.82, 2.24) is 19.6 Å². The number of hydrogen-bond donors (Lipinski definition) is 0. The number of ether oxygens (including phenoxy) is 1. The molecule has 3 rings (SSSR count). The van der Waals surface area contributed by atoms with E-state index in [1.54, 1.807) is 0 Å². The van der Waals surface area contributed by atoms with E-state index in [0.717, 1.165) is 44.6 Å². The maximum atomic E-state index is 12.4. The zero-order valence-corrected chi connectivity index (χ0v) is 23.4. The maximum Gasteiger partial charge on any atom is 0.410 e. The minimum Gasteiger partial charge on any atom is -0.444 e. The number of hydrogen-bond acceptors (Lipinski definition) is 5. The number of halogens is 1. The molecular weight excluding hydrogens is 533 g/mol. The van der Waals surface area contributed by atoms with Gasteiger partial charge in [0.25, 0.3) is 0 Å². The molecule has 0 bridgehead atoms. The first-order valence-electron chi connectivity index (χ1n) is 12.0. The Hall–Kier alpha value is -1.52. The Kier molecular flexibility index (Phi) is 7.90. The Morgan fingerprint density at radius 1 is 1.15 bits per heavy atom. The first-order chi connectivity index (χ1) is 15.3. The van der Waals surface area contributed by atoms with Crippen LogP contribution in [0.25, 0.3) is 0 Å². The first-order valence-corrected chi connectivity index (χ1v) is 13.1. The lowest BCUT2D eigenvalue weighted by molar-refractivity contribution is -0.129. The van der Waals surface area contributed by atoms with E-state index in [9.17, 15) is 9.59 Å². The summed E-state index contributed by atoms with van der Waals surface area (Å²) in [4.78, 5) is 30.8. The van der Waals surface area contributed by atoms with E-state index in [0.29, 0.717) is 19.5 Å². The molecule has 1 aromatic heterocycles. The number of anilines is 1. The number of likely N-dealkylation sites (tertiary alicyclic amines) is 1. The van der Waals surface area contributed by atoms with Crippen LogP contribution in [0.2, 0.25) is 0 Å². The molecule has 0 N–H and O–H groups in total. The topological polar surface area (TPSA) is 70.9 Å². The number of amides is 2. The first kappa shape index (κ1) is 26.1. The molecule has 186 valence electrons. The van der Waals surface area contributed by atoms with Gasteiger partial charge in [-0.2, -0.15) is 5.10 Å².